The van der Waals surface area contributed by atoms with E-state index in [1.165, 1.54) is 4.90 Å². The van der Waals surface area contributed by atoms with Gasteiger partial charge < -0.3 is 15.1 Å². The van der Waals surface area contributed by atoms with Crippen LogP contribution < -0.4 is 5.32 Å². The molecule has 1 aromatic rings. The molecule has 30 heavy (non-hydrogen) atoms. The highest BCUT2D eigenvalue weighted by Crippen LogP contribution is 2.16. The summed E-state index contributed by atoms with van der Waals surface area (Å²) in [5.74, 6) is -0.142. The molecule has 1 saturated heterocycles. The number of anilines is 1. The Morgan fingerprint density at radius 3 is 2.43 bits per heavy atom. The summed E-state index contributed by atoms with van der Waals surface area (Å²) < 4.78 is 0. The van der Waals surface area contributed by atoms with Crippen molar-refractivity contribution in [2.45, 2.75) is 46.6 Å². The molecule has 2 rings (SSSR count). The number of carbonyl (C=O) groups is 3. The van der Waals surface area contributed by atoms with E-state index in [1.807, 2.05) is 56.9 Å². The lowest BCUT2D eigenvalue weighted by Gasteiger charge is -2.30. The standard InChI is InChI=1S/C23H36N4O3/c1-6-19-10-7-8-11-20(19)24-21(28)16-25(5)23(30)18(4)26-12-9-13-27(15-14-26)22(29)17(2)3/h7-8,10-11,17-18H,6,9,12-16H2,1-5H3,(H,24,28). The number of para-hydroxylation sites is 1. The van der Waals surface area contributed by atoms with E-state index in [-0.39, 0.29) is 36.2 Å². The zero-order valence-corrected chi connectivity index (χ0v) is 19.0. The summed E-state index contributed by atoms with van der Waals surface area (Å²) in [6, 6.07) is 7.36. The monoisotopic (exact) mass is 416 g/mol. The maximum Gasteiger partial charge on any atom is 0.243 e. The highest BCUT2D eigenvalue weighted by Gasteiger charge is 2.28. The van der Waals surface area contributed by atoms with Gasteiger partial charge in [0, 0.05) is 44.8 Å². The minimum absolute atomic E-state index is 0.00697. The summed E-state index contributed by atoms with van der Waals surface area (Å²) in [7, 11) is 1.66. The van der Waals surface area contributed by atoms with Gasteiger partial charge >= 0.3 is 0 Å². The molecule has 166 valence electrons. The van der Waals surface area contributed by atoms with Crippen molar-refractivity contribution in [3.8, 4) is 0 Å². The lowest BCUT2D eigenvalue weighted by atomic mass is 10.1. The first-order valence-electron chi connectivity index (χ1n) is 10.9. The minimum Gasteiger partial charge on any atom is -0.341 e. The van der Waals surface area contributed by atoms with E-state index < -0.39 is 0 Å². The summed E-state index contributed by atoms with van der Waals surface area (Å²) in [4.78, 5) is 43.1. The van der Waals surface area contributed by atoms with Crippen LogP contribution in [0.15, 0.2) is 24.3 Å². The maximum atomic E-state index is 12.9. The van der Waals surface area contributed by atoms with Crippen molar-refractivity contribution in [1.82, 2.24) is 14.7 Å². The summed E-state index contributed by atoms with van der Waals surface area (Å²) >= 11 is 0. The molecule has 0 saturated carbocycles. The Morgan fingerprint density at radius 1 is 1.07 bits per heavy atom. The fraction of sp³-hybridized carbons (Fsp3) is 0.609. The molecule has 1 N–H and O–H groups in total. The highest BCUT2D eigenvalue weighted by molar-refractivity contribution is 5.95. The largest absolute Gasteiger partial charge is 0.341 e. The molecule has 3 amide bonds. The van der Waals surface area contributed by atoms with Gasteiger partial charge in [0.15, 0.2) is 0 Å². The molecule has 1 atom stereocenters. The number of nitrogens with zero attached hydrogens (tertiary/aromatic N) is 3. The van der Waals surface area contributed by atoms with E-state index in [4.69, 9.17) is 0 Å². The second kappa shape index (κ2) is 11.1. The Kier molecular flexibility index (Phi) is 8.84. The summed E-state index contributed by atoms with van der Waals surface area (Å²) in [5.41, 5.74) is 1.86. The Morgan fingerprint density at radius 2 is 1.77 bits per heavy atom. The second-order valence-corrected chi connectivity index (χ2v) is 8.30. The molecule has 1 aliphatic heterocycles. The van der Waals surface area contributed by atoms with Crippen molar-refractivity contribution in [2.24, 2.45) is 5.92 Å². The minimum atomic E-state index is -0.333. The van der Waals surface area contributed by atoms with Crippen LogP contribution in [-0.2, 0) is 20.8 Å². The van der Waals surface area contributed by atoms with Crippen LogP contribution in [0.1, 0.15) is 39.7 Å². The first-order chi connectivity index (χ1) is 14.2. The Hall–Kier alpha value is -2.41. The third kappa shape index (κ3) is 6.29. The van der Waals surface area contributed by atoms with Gasteiger partial charge in [0.05, 0.1) is 12.6 Å². The van der Waals surface area contributed by atoms with Crippen molar-refractivity contribution in [1.29, 1.82) is 0 Å². The third-order valence-electron chi connectivity index (χ3n) is 5.67. The smallest absolute Gasteiger partial charge is 0.243 e. The van der Waals surface area contributed by atoms with Gasteiger partial charge in [0.1, 0.15) is 0 Å². The van der Waals surface area contributed by atoms with Crippen LogP contribution in [0.3, 0.4) is 0 Å². The van der Waals surface area contributed by atoms with Crippen LogP contribution in [-0.4, -0.2) is 78.2 Å². The number of hydrogen-bond acceptors (Lipinski definition) is 4. The first-order valence-corrected chi connectivity index (χ1v) is 10.9. The number of hydrogen-bond donors (Lipinski definition) is 1. The third-order valence-corrected chi connectivity index (χ3v) is 5.67. The molecule has 1 unspecified atom stereocenters. The Labute approximate surface area is 180 Å². The molecule has 0 bridgehead atoms. The van der Waals surface area contributed by atoms with Crippen LogP contribution in [0.25, 0.3) is 0 Å². The summed E-state index contributed by atoms with van der Waals surface area (Å²) in [5, 5.41) is 2.91. The zero-order chi connectivity index (χ0) is 22.3. The van der Waals surface area contributed by atoms with Crippen LogP contribution in [0.5, 0.6) is 0 Å². The van der Waals surface area contributed by atoms with Gasteiger partial charge in [-0.3, -0.25) is 19.3 Å². The van der Waals surface area contributed by atoms with Crippen molar-refractivity contribution in [2.75, 3.05) is 45.1 Å². The van der Waals surface area contributed by atoms with Gasteiger partial charge in [-0.1, -0.05) is 39.0 Å². The van der Waals surface area contributed by atoms with Gasteiger partial charge in [0.25, 0.3) is 0 Å². The van der Waals surface area contributed by atoms with Gasteiger partial charge in [-0.25, -0.2) is 0 Å². The van der Waals surface area contributed by atoms with Crippen LogP contribution in [0.4, 0.5) is 5.69 Å². The van der Waals surface area contributed by atoms with Crippen LogP contribution in [0, 0.1) is 5.92 Å². The molecule has 0 aliphatic carbocycles. The molecular formula is C23H36N4O3. The average molecular weight is 417 g/mol. The second-order valence-electron chi connectivity index (χ2n) is 8.30. The van der Waals surface area contributed by atoms with Crippen molar-refractivity contribution < 1.29 is 14.4 Å². The van der Waals surface area contributed by atoms with Crippen LogP contribution >= 0.6 is 0 Å². The number of nitrogens with one attached hydrogen (secondary N) is 1. The fourth-order valence-electron chi connectivity index (χ4n) is 3.82. The molecule has 0 aromatic heterocycles. The predicted molar refractivity (Wildman–Crippen MR) is 119 cm³/mol. The number of aryl methyl sites for hydroxylation is 1. The molecule has 1 aliphatic rings. The Bertz CT molecular complexity index is 750. The van der Waals surface area contributed by atoms with E-state index in [0.717, 1.165) is 37.2 Å². The number of rotatable bonds is 7. The van der Waals surface area contributed by atoms with Crippen molar-refractivity contribution in [3.63, 3.8) is 0 Å². The van der Waals surface area contributed by atoms with E-state index >= 15 is 0 Å². The molecule has 0 radical (unpaired) electrons. The topological polar surface area (TPSA) is 73.0 Å². The van der Waals surface area contributed by atoms with Gasteiger partial charge in [0.2, 0.25) is 17.7 Å². The van der Waals surface area contributed by atoms with E-state index in [2.05, 4.69) is 10.2 Å². The van der Waals surface area contributed by atoms with Crippen molar-refractivity contribution in [3.05, 3.63) is 29.8 Å². The first kappa shape index (κ1) is 23.9. The lowest BCUT2D eigenvalue weighted by Crippen LogP contribution is -2.49. The number of carbonyl (C=O) groups excluding carboxylic acids is 3. The SMILES string of the molecule is CCc1ccccc1NC(=O)CN(C)C(=O)C(C)N1CCCN(C(=O)C(C)C)CC1. The molecule has 1 fully saturated rings. The predicted octanol–water partition coefficient (Wildman–Crippen LogP) is 2.22. The molecular weight excluding hydrogens is 380 g/mol. The average Bonchev–Trinajstić information content (AvgIpc) is 2.98. The number of amides is 3. The summed E-state index contributed by atoms with van der Waals surface area (Å²) in [6.45, 7) is 10.5. The lowest BCUT2D eigenvalue weighted by molar-refractivity contribution is -0.137. The molecule has 1 heterocycles. The van der Waals surface area contributed by atoms with Crippen molar-refractivity contribution >= 4 is 23.4 Å². The van der Waals surface area contributed by atoms with E-state index in [1.54, 1.807) is 7.05 Å². The molecule has 0 spiro atoms. The molecule has 7 nitrogen and oxygen atoms in total. The normalized spacial score (nSPS) is 16.1. The number of benzene rings is 1. The highest BCUT2D eigenvalue weighted by atomic mass is 16.2. The summed E-state index contributed by atoms with van der Waals surface area (Å²) in [6.07, 6.45) is 1.67. The molecule has 7 heteroatoms. The van der Waals surface area contributed by atoms with Gasteiger partial charge in [-0.05, 0) is 31.4 Å². The number of likely N-dealkylation sites (N-methyl/N-ethyl adjacent to an activating group) is 1. The van der Waals surface area contributed by atoms with E-state index in [9.17, 15) is 14.4 Å². The fourth-order valence-corrected chi connectivity index (χ4v) is 3.82. The Balaban J connectivity index is 1.90. The van der Waals surface area contributed by atoms with E-state index in [0.29, 0.717) is 13.1 Å². The quantitative estimate of drug-likeness (QED) is 0.740. The van der Waals surface area contributed by atoms with Crippen LogP contribution in [0.2, 0.25) is 0 Å². The molecule has 1 aromatic carbocycles. The zero-order valence-electron chi connectivity index (χ0n) is 19.0. The maximum absolute atomic E-state index is 12.9. The van der Waals surface area contributed by atoms with Gasteiger partial charge in [-0.15, -0.1) is 0 Å². The van der Waals surface area contributed by atoms with Gasteiger partial charge in [-0.2, -0.15) is 0 Å².